The van der Waals surface area contributed by atoms with Crippen molar-refractivity contribution < 1.29 is 9.90 Å². The average molecular weight is 261 g/mol. The molecule has 1 N–H and O–H groups in total. The van der Waals surface area contributed by atoms with E-state index in [-0.39, 0.29) is 12.5 Å². The van der Waals surface area contributed by atoms with Crippen molar-refractivity contribution in [3.63, 3.8) is 0 Å². The molecule has 104 valence electrons. The minimum absolute atomic E-state index is 0.0660. The van der Waals surface area contributed by atoms with Crippen LogP contribution in [0.5, 0.6) is 0 Å². The number of aliphatic hydroxyl groups excluding tert-OH is 1. The van der Waals surface area contributed by atoms with Crippen LogP contribution in [0.1, 0.15) is 44.1 Å². The first-order chi connectivity index (χ1) is 9.22. The number of rotatable bonds is 7. The summed E-state index contributed by atoms with van der Waals surface area (Å²) in [5, 5.41) is 9.02. The molecule has 1 atom stereocenters. The van der Waals surface area contributed by atoms with E-state index in [1.807, 2.05) is 23.1 Å². The van der Waals surface area contributed by atoms with Crippen molar-refractivity contribution in [2.75, 3.05) is 13.2 Å². The van der Waals surface area contributed by atoms with E-state index >= 15 is 0 Å². The molecule has 1 aromatic rings. The molecule has 0 bridgehead atoms. The summed E-state index contributed by atoms with van der Waals surface area (Å²) in [5.41, 5.74) is 1.29. The number of amides is 1. The SMILES string of the molecule is CC(CCC(=O)N(CCO)C1CC1)c1ccccc1. The summed E-state index contributed by atoms with van der Waals surface area (Å²) in [4.78, 5) is 14.0. The maximum atomic E-state index is 12.2. The van der Waals surface area contributed by atoms with Crippen molar-refractivity contribution in [3.05, 3.63) is 35.9 Å². The van der Waals surface area contributed by atoms with Gasteiger partial charge in [0.25, 0.3) is 0 Å². The molecule has 1 aliphatic carbocycles. The normalized spacial score (nSPS) is 16.1. The monoisotopic (exact) mass is 261 g/mol. The smallest absolute Gasteiger partial charge is 0.222 e. The lowest BCUT2D eigenvalue weighted by Crippen LogP contribution is -2.35. The predicted molar refractivity (Wildman–Crippen MR) is 75.9 cm³/mol. The van der Waals surface area contributed by atoms with Gasteiger partial charge in [0.2, 0.25) is 5.91 Å². The molecule has 0 saturated heterocycles. The van der Waals surface area contributed by atoms with Crippen LogP contribution >= 0.6 is 0 Å². The minimum atomic E-state index is 0.0660. The fraction of sp³-hybridized carbons (Fsp3) is 0.562. The zero-order valence-corrected chi connectivity index (χ0v) is 11.6. The van der Waals surface area contributed by atoms with Gasteiger partial charge in [0, 0.05) is 19.0 Å². The highest BCUT2D eigenvalue weighted by atomic mass is 16.3. The van der Waals surface area contributed by atoms with Crippen LogP contribution in [0.2, 0.25) is 0 Å². The molecular formula is C16H23NO2. The first kappa shape index (κ1) is 14.1. The Bertz CT molecular complexity index is 400. The fourth-order valence-corrected chi connectivity index (χ4v) is 2.44. The van der Waals surface area contributed by atoms with Crippen molar-refractivity contribution in [1.82, 2.24) is 4.90 Å². The molecule has 19 heavy (non-hydrogen) atoms. The third-order valence-electron chi connectivity index (χ3n) is 3.81. The molecule has 0 aromatic heterocycles. The first-order valence-electron chi connectivity index (χ1n) is 7.17. The molecule has 1 aliphatic rings. The van der Waals surface area contributed by atoms with Gasteiger partial charge in [-0.05, 0) is 30.7 Å². The van der Waals surface area contributed by atoms with Crippen LogP contribution in [0.3, 0.4) is 0 Å². The number of benzene rings is 1. The zero-order chi connectivity index (χ0) is 13.7. The van der Waals surface area contributed by atoms with Crippen LogP contribution in [0.4, 0.5) is 0 Å². The number of hydrogen-bond acceptors (Lipinski definition) is 2. The second-order valence-electron chi connectivity index (χ2n) is 5.39. The first-order valence-corrected chi connectivity index (χ1v) is 7.17. The van der Waals surface area contributed by atoms with Crippen molar-refractivity contribution in [2.45, 2.75) is 44.6 Å². The van der Waals surface area contributed by atoms with Gasteiger partial charge in [0.05, 0.1) is 6.61 Å². The molecule has 1 saturated carbocycles. The van der Waals surface area contributed by atoms with Gasteiger partial charge in [0.15, 0.2) is 0 Å². The summed E-state index contributed by atoms with van der Waals surface area (Å²) in [6, 6.07) is 10.7. The molecule has 1 amide bonds. The zero-order valence-electron chi connectivity index (χ0n) is 11.6. The summed E-state index contributed by atoms with van der Waals surface area (Å²) in [6.07, 6.45) is 3.64. The Hall–Kier alpha value is -1.35. The lowest BCUT2D eigenvalue weighted by Gasteiger charge is -2.22. The number of aliphatic hydroxyl groups is 1. The number of carbonyl (C=O) groups is 1. The summed E-state index contributed by atoms with van der Waals surface area (Å²) in [6.45, 7) is 2.72. The highest BCUT2D eigenvalue weighted by Gasteiger charge is 2.31. The predicted octanol–water partition coefficient (Wildman–Crippen LogP) is 2.55. The third kappa shape index (κ3) is 4.06. The fourth-order valence-electron chi connectivity index (χ4n) is 2.44. The van der Waals surface area contributed by atoms with Crippen LogP contribution in [0.25, 0.3) is 0 Å². The van der Waals surface area contributed by atoms with E-state index in [1.54, 1.807) is 0 Å². The molecule has 1 unspecified atom stereocenters. The lowest BCUT2D eigenvalue weighted by molar-refractivity contribution is -0.132. The van der Waals surface area contributed by atoms with Gasteiger partial charge in [-0.3, -0.25) is 4.79 Å². The second kappa shape index (κ2) is 6.71. The summed E-state index contributed by atoms with van der Waals surface area (Å²) in [5.74, 6) is 0.597. The van der Waals surface area contributed by atoms with Crippen molar-refractivity contribution in [2.24, 2.45) is 0 Å². The molecule has 3 heteroatoms. The van der Waals surface area contributed by atoms with Gasteiger partial charge < -0.3 is 10.0 Å². The van der Waals surface area contributed by atoms with E-state index in [2.05, 4.69) is 19.1 Å². The standard InChI is InChI=1S/C16H23NO2/c1-13(14-5-3-2-4-6-14)7-10-16(19)17(11-12-18)15-8-9-15/h2-6,13,15,18H,7-12H2,1H3. The largest absolute Gasteiger partial charge is 0.395 e. The molecular weight excluding hydrogens is 238 g/mol. The number of hydrogen-bond donors (Lipinski definition) is 1. The maximum absolute atomic E-state index is 12.2. The summed E-state index contributed by atoms with van der Waals surface area (Å²) >= 11 is 0. The Labute approximate surface area is 115 Å². The average Bonchev–Trinajstić information content (AvgIpc) is 3.27. The molecule has 1 aromatic carbocycles. The highest BCUT2D eigenvalue weighted by molar-refractivity contribution is 5.77. The van der Waals surface area contributed by atoms with Crippen LogP contribution in [0, 0.1) is 0 Å². The van der Waals surface area contributed by atoms with Gasteiger partial charge >= 0.3 is 0 Å². The third-order valence-corrected chi connectivity index (χ3v) is 3.81. The van der Waals surface area contributed by atoms with Crippen molar-refractivity contribution in [1.29, 1.82) is 0 Å². The molecule has 0 radical (unpaired) electrons. The molecule has 0 heterocycles. The van der Waals surface area contributed by atoms with Crippen LogP contribution < -0.4 is 0 Å². The molecule has 2 rings (SSSR count). The van der Waals surface area contributed by atoms with Gasteiger partial charge in [-0.1, -0.05) is 37.3 Å². The van der Waals surface area contributed by atoms with E-state index in [1.165, 1.54) is 5.56 Å². The summed E-state index contributed by atoms with van der Waals surface area (Å²) < 4.78 is 0. The molecule has 1 fully saturated rings. The molecule has 0 spiro atoms. The van der Waals surface area contributed by atoms with E-state index in [4.69, 9.17) is 5.11 Å². The lowest BCUT2D eigenvalue weighted by atomic mass is 9.96. The van der Waals surface area contributed by atoms with E-state index in [9.17, 15) is 4.79 Å². The number of nitrogens with zero attached hydrogens (tertiary/aromatic N) is 1. The quantitative estimate of drug-likeness (QED) is 0.819. The van der Waals surface area contributed by atoms with Crippen LogP contribution in [-0.2, 0) is 4.79 Å². The highest BCUT2D eigenvalue weighted by Crippen LogP contribution is 2.28. The maximum Gasteiger partial charge on any atom is 0.222 e. The van der Waals surface area contributed by atoms with Gasteiger partial charge in [0.1, 0.15) is 0 Å². The van der Waals surface area contributed by atoms with E-state index in [0.717, 1.165) is 19.3 Å². The van der Waals surface area contributed by atoms with Crippen molar-refractivity contribution >= 4 is 5.91 Å². The Morgan fingerprint density at radius 2 is 2.05 bits per heavy atom. The Balaban J connectivity index is 1.82. The molecule has 0 aliphatic heterocycles. The Kier molecular flexibility index (Phi) is 4.97. The van der Waals surface area contributed by atoms with Gasteiger partial charge in [-0.25, -0.2) is 0 Å². The Morgan fingerprint density at radius 1 is 1.37 bits per heavy atom. The van der Waals surface area contributed by atoms with Crippen LogP contribution in [0.15, 0.2) is 30.3 Å². The number of carbonyl (C=O) groups excluding carboxylic acids is 1. The minimum Gasteiger partial charge on any atom is -0.395 e. The Morgan fingerprint density at radius 3 is 2.63 bits per heavy atom. The molecule has 3 nitrogen and oxygen atoms in total. The topological polar surface area (TPSA) is 40.5 Å². The van der Waals surface area contributed by atoms with Crippen LogP contribution in [-0.4, -0.2) is 35.1 Å². The second-order valence-corrected chi connectivity index (χ2v) is 5.39. The van der Waals surface area contributed by atoms with E-state index < -0.39 is 0 Å². The summed E-state index contributed by atoms with van der Waals surface area (Å²) in [7, 11) is 0. The van der Waals surface area contributed by atoms with Gasteiger partial charge in [-0.2, -0.15) is 0 Å². The van der Waals surface area contributed by atoms with Crippen molar-refractivity contribution in [3.8, 4) is 0 Å². The van der Waals surface area contributed by atoms with E-state index in [0.29, 0.717) is 24.9 Å². The van der Waals surface area contributed by atoms with Gasteiger partial charge in [-0.15, -0.1) is 0 Å².